The molecule has 80 valence electrons. The highest BCUT2D eigenvalue weighted by molar-refractivity contribution is 5.89. The Labute approximate surface area is 89.0 Å². The van der Waals surface area contributed by atoms with Gasteiger partial charge < -0.3 is 9.47 Å². The van der Waals surface area contributed by atoms with Crippen molar-refractivity contribution in [2.75, 3.05) is 13.2 Å². The standard InChI is InChI=1S/C12H14O3/c13-12(10-4-2-1-3-5-10)15-11-6-8-14-9-7-11/h1-5,11H,6-9H2. The summed E-state index contributed by atoms with van der Waals surface area (Å²) in [4.78, 5) is 11.6. The summed E-state index contributed by atoms with van der Waals surface area (Å²) in [7, 11) is 0. The highest BCUT2D eigenvalue weighted by Gasteiger charge is 2.18. The summed E-state index contributed by atoms with van der Waals surface area (Å²) in [6, 6.07) is 9.08. The molecule has 1 fully saturated rings. The summed E-state index contributed by atoms with van der Waals surface area (Å²) in [6.07, 6.45) is 1.63. The molecule has 0 bridgehead atoms. The van der Waals surface area contributed by atoms with Gasteiger partial charge in [0.25, 0.3) is 0 Å². The van der Waals surface area contributed by atoms with Gasteiger partial charge in [0.05, 0.1) is 18.8 Å². The van der Waals surface area contributed by atoms with E-state index in [-0.39, 0.29) is 12.1 Å². The Bertz CT molecular complexity index is 315. The first-order valence-electron chi connectivity index (χ1n) is 5.20. The molecule has 1 saturated heterocycles. The van der Waals surface area contributed by atoms with Crippen molar-refractivity contribution in [3.8, 4) is 0 Å². The van der Waals surface area contributed by atoms with Crippen LogP contribution in [0.25, 0.3) is 0 Å². The first-order chi connectivity index (χ1) is 7.36. The molecule has 0 saturated carbocycles. The average Bonchev–Trinajstić information content (AvgIpc) is 2.31. The Morgan fingerprint density at radius 2 is 1.87 bits per heavy atom. The number of benzene rings is 1. The summed E-state index contributed by atoms with van der Waals surface area (Å²) >= 11 is 0. The number of hydrogen-bond donors (Lipinski definition) is 0. The van der Waals surface area contributed by atoms with Gasteiger partial charge in [-0.2, -0.15) is 0 Å². The van der Waals surface area contributed by atoms with E-state index >= 15 is 0 Å². The number of ether oxygens (including phenoxy) is 2. The fraction of sp³-hybridized carbons (Fsp3) is 0.417. The molecule has 3 nitrogen and oxygen atoms in total. The van der Waals surface area contributed by atoms with Gasteiger partial charge in [-0.1, -0.05) is 18.2 Å². The maximum absolute atomic E-state index is 11.6. The molecule has 0 amide bonds. The topological polar surface area (TPSA) is 35.5 Å². The smallest absolute Gasteiger partial charge is 0.338 e. The van der Waals surface area contributed by atoms with E-state index in [1.54, 1.807) is 12.1 Å². The zero-order valence-corrected chi connectivity index (χ0v) is 8.52. The molecule has 0 atom stereocenters. The predicted molar refractivity (Wildman–Crippen MR) is 55.7 cm³/mol. The summed E-state index contributed by atoms with van der Waals surface area (Å²) in [6.45, 7) is 1.37. The normalized spacial score (nSPS) is 17.3. The molecular formula is C12H14O3. The summed E-state index contributed by atoms with van der Waals surface area (Å²) in [5.41, 5.74) is 0.615. The second-order valence-corrected chi connectivity index (χ2v) is 3.58. The van der Waals surface area contributed by atoms with Crippen LogP contribution in [-0.4, -0.2) is 25.3 Å². The molecular weight excluding hydrogens is 192 g/mol. The van der Waals surface area contributed by atoms with Gasteiger partial charge in [-0.25, -0.2) is 4.79 Å². The highest BCUT2D eigenvalue weighted by atomic mass is 16.6. The van der Waals surface area contributed by atoms with Crippen LogP contribution in [0.3, 0.4) is 0 Å². The third kappa shape index (κ3) is 2.80. The molecule has 2 rings (SSSR count). The van der Waals surface area contributed by atoms with E-state index in [0.717, 1.165) is 12.8 Å². The largest absolute Gasteiger partial charge is 0.459 e. The van der Waals surface area contributed by atoms with Gasteiger partial charge in [0, 0.05) is 12.8 Å². The molecule has 1 aromatic rings. The quantitative estimate of drug-likeness (QED) is 0.694. The summed E-state index contributed by atoms with van der Waals surface area (Å²) in [5, 5.41) is 0. The van der Waals surface area contributed by atoms with Crippen molar-refractivity contribution in [2.45, 2.75) is 18.9 Å². The van der Waals surface area contributed by atoms with Gasteiger partial charge in [0.2, 0.25) is 0 Å². The zero-order chi connectivity index (χ0) is 10.5. The fourth-order valence-corrected chi connectivity index (χ4v) is 1.59. The molecule has 0 N–H and O–H groups in total. The van der Waals surface area contributed by atoms with Gasteiger partial charge in [0.15, 0.2) is 0 Å². The molecule has 0 aliphatic carbocycles. The van der Waals surface area contributed by atoms with Crippen LogP contribution in [0.5, 0.6) is 0 Å². The van der Waals surface area contributed by atoms with Crippen molar-refractivity contribution in [2.24, 2.45) is 0 Å². The lowest BCUT2D eigenvalue weighted by Crippen LogP contribution is -2.26. The Morgan fingerprint density at radius 3 is 2.53 bits per heavy atom. The lowest BCUT2D eigenvalue weighted by molar-refractivity contribution is -0.0159. The van der Waals surface area contributed by atoms with Gasteiger partial charge in [-0.3, -0.25) is 0 Å². The van der Waals surface area contributed by atoms with E-state index < -0.39 is 0 Å². The van der Waals surface area contributed by atoms with Crippen LogP contribution in [0.2, 0.25) is 0 Å². The molecule has 0 aromatic heterocycles. The third-order valence-electron chi connectivity index (χ3n) is 2.45. The summed E-state index contributed by atoms with van der Waals surface area (Å²) in [5.74, 6) is -0.234. The maximum Gasteiger partial charge on any atom is 0.338 e. The van der Waals surface area contributed by atoms with E-state index in [2.05, 4.69) is 0 Å². The van der Waals surface area contributed by atoms with Crippen molar-refractivity contribution in [3.05, 3.63) is 35.9 Å². The van der Waals surface area contributed by atoms with E-state index in [4.69, 9.17) is 9.47 Å². The van der Waals surface area contributed by atoms with Crippen LogP contribution in [0.15, 0.2) is 30.3 Å². The number of esters is 1. The average molecular weight is 206 g/mol. The van der Waals surface area contributed by atoms with Crippen molar-refractivity contribution >= 4 is 5.97 Å². The van der Waals surface area contributed by atoms with Crippen LogP contribution < -0.4 is 0 Å². The molecule has 1 heterocycles. The first-order valence-corrected chi connectivity index (χ1v) is 5.20. The molecule has 15 heavy (non-hydrogen) atoms. The molecule has 0 radical (unpaired) electrons. The zero-order valence-electron chi connectivity index (χ0n) is 8.52. The van der Waals surface area contributed by atoms with Crippen LogP contribution in [0.1, 0.15) is 23.2 Å². The minimum absolute atomic E-state index is 0.0199. The number of rotatable bonds is 2. The second-order valence-electron chi connectivity index (χ2n) is 3.58. The first kappa shape index (κ1) is 10.2. The lowest BCUT2D eigenvalue weighted by atomic mass is 10.1. The number of carbonyl (C=O) groups is 1. The molecule has 0 unspecified atom stereocenters. The van der Waals surface area contributed by atoms with Crippen molar-refractivity contribution < 1.29 is 14.3 Å². The third-order valence-corrected chi connectivity index (χ3v) is 2.45. The van der Waals surface area contributed by atoms with Gasteiger partial charge in [-0.15, -0.1) is 0 Å². The predicted octanol–water partition coefficient (Wildman–Crippen LogP) is 2.02. The lowest BCUT2D eigenvalue weighted by Gasteiger charge is -2.22. The molecule has 1 aromatic carbocycles. The molecule has 0 spiro atoms. The van der Waals surface area contributed by atoms with Gasteiger partial charge >= 0.3 is 5.97 Å². The van der Waals surface area contributed by atoms with Crippen molar-refractivity contribution in [3.63, 3.8) is 0 Å². The second kappa shape index (κ2) is 4.94. The van der Waals surface area contributed by atoms with E-state index in [0.29, 0.717) is 18.8 Å². The SMILES string of the molecule is O=C(OC1CCOCC1)c1ccccc1. The molecule has 1 aliphatic rings. The molecule has 3 heteroatoms. The van der Waals surface area contributed by atoms with Crippen molar-refractivity contribution in [1.82, 2.24) is 0 Å². The Kier molecular flexibility index (Phi) is 3.35. The number of hydrogen-bond acceptors (Lipinski definition) is 3. The minimum Gasteiger partial charge on any atom is -0.459 e. The van der Waals surface area contributed by atoms with E-state index in [1.165, 1.54) is 0 Å². The number of carbonyl (C=O) groups excluding carboxylic acids is 1. The van der Waals surface area contributed by atoms with E-state index in [1.807, 2.05) is 18.2 Å². The van der Waals surface area contributed by atoms with Gasteiger partial charge in [-0.05, 0) is 12.1 Å². The molecule has 1 aliphatic heterocycles. The fourth-order valence-electron chi connectivity index (χ4n) is 1.59. The summed E-state index contributed by atoms with van der Waals surface area (Å²) < 4.78 is 10.6. The van der Waals surface area contributed by atoms with Gasteiger partial charge in [0.1, 0.15) is 6.10 Å². The maximum atomic E-state index is 11.6. The van der Waals surface area contributed by atoms with E-state index in [9.17, 15) is 4.79 Å². The Balaban J connectivity index is 1.91. The highest BCUT2D eigenvalue weighted by Crippen LogP contribution is 2.13. The van der Waals surface area contributed by atoms with Crippen LogP contribution in [0, 0.1) is 0 Å². The Hall–Kier alpha value is -1.35. The monoisotopic (exact) mass is 206 g/mol. The minimum atomic E-state index is -0.234. The van der Waals surface area contributed by atoms with Crippen LogP contribution in [-0.2, 0) is 9.47 Å². The van der Waals surface area contributed by atoms with Crippen molar-refractivity contribution in [1.29, 1.82) is 0 Å². The Morgan fingerprint density at radius 1 is 1.20 bits per heavy atom. The van der Waals surface area contributed by atoms with Crippen LogP contribution in [0.4, 0.5) is 0 Å². The van der Waals surface area contributed by atoms with Crippen LogP contribution >= 0.6 is 0 Å².